The Balaban J connectivity index is 2.15. The highest BCUT2D eigenvalue weighted by molar-refractivity contribution is 5.21. The van der Waals surface area contributed by atoms with Crippen molar-refractivity contribution in [2.24, 2.45) is 11.8 Å². The predicted molar refractivity (Wildman–Crippen MR) is 43.6 cm³/mol. The van der Waals surface area contributed by atoms with E-state index in [4.69, 9.17) is 14.9 Å². The van der Waals surface area contributed by atoms with Crippen LogP contribution in [0.2, 0.25) is 0 Å². The Morgan fingerprint density at radius 2 is 2.33 bits per heavy atom. The second kappa shape index (κ2) is 3.17. The number of aliphatic hydroxyl groups excluding tert-OH is 2. The zero-order valence-corrected chi connectivity index (χ0v) is 6.94. The summed E-state index contributed by atoms with van der Waals surface area (Å²) in [5.74, 6) is 0.555. The van der Waals surface area contributed by atoms with Crippen LogP contribution in [0.4, 0.5) is 0 Å². The lowest BCUT2D eigenvalue weighted by atomic mass is 9.90. The van der Waals surface area contributed by atoms with Gasteiger partial charge in [-0.3, -0.25) is 0 Å². The zero-order valence-electron chi connectivity index (χ0n) is 6.94. The van der Waals surface area contributed by atoms with Crippen molar-refractivity contribution in [3.05, 3.63) is 11.6 Å². The third kappa shape index (κ3) is 1.09. The number of aliphatic hydroxyl groups is 2. The average molecular weight is 170 g/mol. The van der Waals surface area contributed by atoms with Gasteiger partial charge in [-0.1, -0.05) is 6.08 Å². The van der Waals surface area contributed by atoms with Crippen LogP contribution in [0.25, 0.3) is 0 Å². The van der Waals surface area contributed by atoms with Crippen LogP contribution in [-0.2, 0) is 4.74 Å². The molecule has 1 aliphatic heterocycles. The molecule has 1 heterocycles. The first-order chi connectivity index (χ1) is 5.86. The average Bonchev–Trinajstić information content (AvgIpc) is 2.61. The Morgan fingerprint density at radius 1 is 1.50 bits per heavy atom. The minimum atomic E-state index is 0.0571. The summed E-state index contributed by atoms with van der Waals surface area (Å²) < 4.78 is 5.44. The van der Waals surface area contributed by atoms with Gasteiger partial charge in [0.15, 0.2) is 0 Å². The van der Waals surface area contributed by atoms with Crippen molar-refractivity contribution in [1.29, 1.82) is 0 Å². The fourth-order valence-corrected chi connectivity index (χ4v) is 2.26. The van der Waals surface area contributed by atoms with E-state index in [1.165, 1.54) is 0 Å². The molecule has 3 atom stereocenters. The molecule has 0 aromatic rings. The van der Waals surface area contributed by atoms with Gasteiger partial charge in [0.2, 0.25) is 0 Å². The van der Waals surface area contributed by atoms with Crippen LogP contribution in [0.5, 0.6) is 0 Å². The standard InChI is InChI=1S/C9H14O3/c10-4-6-3-9-7(1-2-12-9)8(6)5-11/h3,7-11H,1-2,4-5H2/t7-,8-,9+/m0/s1. The topological polar surface area (TPSA) is 49.7 Å². The molecule has 3 heteroatoms. The summed E-state index contributed by atoms with van der Waals surface area (Å²) in [5.41, 5.74) is 0.951. The molecule has 3 nitrogen and oxygen atoms in total. The lowest BCUT2D eigenvalue weighted by molar-refractivity contribution is 0.115. The van der Waals surface area contributed by atoms with E-state index in [1.807, 2.05) is 6.08 Å². The predicted octanol–water partition coefficient (Wildman–Crippen LogP) is -0.0677. The van der Waals surface area contributed by atoms with E-state index >= 15 is 0 Å². The molecule has 0 aromatic carbocycles. The maximum Gasteiger partial charge on any atom is 0.0794 e. The minimum absolute atomic E-state index is 0.0571. The van der Waals surface area contributed by atoms with Crippen LogP contribution in [0.15, 0.2) is 11.6 Å². The van der Waals surface area contributed by atoms with Gasteiger partial charge in [0.05, 0.1) is 19.3 Å². The third-order valence-electron chi connectivity index (χ3n) is 2.93. The van der Waals surface area contributed by atoms with Gasteiger partial charge in [-0.25, -0.2) is 0 Å². The van der Waals surface area contributed by atoms with Crippen LogP contribution >= 0.6 is 0 Å². The van der Waals surface area contributed by atoms with Crippen molar-refractivity contribution in [2.45, 2.75) is 12.5 Å². The second-order valence-electron chi connectivity index (χ2n) is 3.48. The molecule has 1 fully saturated rings. The Labute approximate surface area is 71.7 Å². The molecule has 12 heavy (non-hydrogen) atoms. The summed E-state index contributed by atoms with van der Waals surface area (Å²) in [6.45, 7) is 0.986. The van der Waals surface area contributed by atoms with E-state index < -0.39 is 0 Å². The van der Waals surface area contributed by atoms with Gasteiger partial charge in [-0.15, -0.1) is 0 Å². The molecule has 0 radical (unpaired) electrons. The first kappa shape index (κ1) is 8.23. The number of hydrogen-bond donors (Lipinski definition) is 2. The molecule has 68 valence electrons. The molecule has 0 spiro atoms. The second-order valence-corrected chi connectivity index (χ2v) is 3.48. The number of hydrogen-bond acceptors (Lipinski definition) is 3. The van der Waals surface area contributed by atoms with Gasteiger partial charge in [0.1, 0.15) is 0 Å². The smallest absolute Gasteiger partial charge is 0.0794 e. The fraction of sp³-hybridized carbons (Fsp3) is 0.778. The Hall–Kier alpha value is -0.380. The fourth-order valence-electron chi connectivity index (χ4n) is 2.26. The summed E-state index contributed by atoms with van der Waals surface area (Å²) in [7, 11) is 0. The molecule has 0 amide bonds. The van der Waals surface area contributed by atoms with Crippen molar-refractivity contribution in [3.63, 3.8) is 0 Å². The number of rotatable bonds is 2. The summed E-state index contributed by atoms with van der Waals surface area (Å²) in [4.78, 5) is 0. The van der Waals surface area contributed by atoms with Crippen molar-refractivity contribution < 1.29 is 14.9 Å². The van der Waals surface area contributed by atoms with E-state index in [2.05, 4.69) is 0 Å². The molecule has 2 aliphatic rings. The summed E-state index contributed by atoms with van der Waals surface area (Å²) in [6, 6.07) is 0. The van der Waals surface area contributed by atoms with Gasteiger partial charge in [0, 0.05) is 12.5 Å². The quantitative estimate of drug-likeness (QED) is 0.570. The maximum atomic E-state index is 9.11. The van der Waals surface area contributed by atoms with Crippen molar-refractivity contribution in [1.82, 2.24) is 0 Å². The molecular weight excluding hydrogens is 156 g/mol. The minimum Gasteiger partial charge on any atom is -0.396 e. The maximum absolute atomic E-state index is 9.11. The summed E-state index contributed by atoms with van der Waals surface area (Å²) in [5, 5.41) is 18.1. The Morgan fingerprint density at radius 3 is 3.00 bits per heavy atom. The first-order valence-corrected chi connectivity index (χ1v) is 4.40. The summed E-state index contributed by atoms with van der Waals surface area (Å²) >= 11 is 0. The molecule has 0 saturated carbocycles. The zero-order chi connectivity index (χ0) is 8.55. The highest BCUT2D eigenvalue weighted by Crippen LogP contribution is 2.39. The van der Waals surface area contributed by atoms with Gasteiger partial charge < -0.3 is 14.9 Å². The van der Waals surface area contributed by atoms with E-state index in [1.54, 1.807) is 0 Å². The van der Waals surface area contributed by atoms with Crippen LogP contribution in [0, 0.1) is 11.8 Å². The van der Waals surface area contributed by atoms with Crippen LogP contribution in [0.1, 0.15) is 6.42 Å². The number of fused-ring (bicyclic) bond motifs is 1. The molecule has 0 unspecified atom stereocenters. The largest absolute Gasteiger partial charge is 0.396 e. The Kier molecular flexibility index (Phi) is 2.17. The van der Waals surface area contributed by atoms with E-state index in [-0.39, 0.29) is 25.2 Å². The molecule has 0 aromatic heterocycles. The van der Waals surface area contributed by atoms with Crippen molar-refractivity contribution in [3.8, 4) is 0 Å². The first-order valence-electron chi connectivity index (χ1n) is 4.40. The lowest BCUT2D eigenvalue weighted by Gasteiger charge is -2.17. The lowest BCUT2D eigenvalue weighted by Crippen LogP contribution is -2.20. The molecule has 1 aliphatic carbocycles. The van der Waals surface area contributed by atoms with Crippen molar-refractivity contribution in [2.75, 3.05) is 19.8 Å². The van der Waals surface area contributed by atoms with Gasteiger partial charge in [-0.2, -0.15) is 0 Å². The van der Waals surface area contributed by atoms with Gasteiger partial charge >= 0.3 is 0 Å². The molecule has 2 rings (SSSR count). The highest BCUT2D eigenvalue weighted by Gasteiger charge is 2.39. The highest BCUT2D eigenvalue weighted by atomic mass is 16.5. The SMILES string of the molecule is OCC1=C[C@H]2OCC[C@H]2[C@H]1CO. The van der Waals surface area contributed by atoms with E-state index in [0.29, 0.717) is 5.92 Å². The normalized spacial score (nSPS) is 39.8. The van der Waals surface area contributed by atoms with Crippen LogP contribution < -0.4 is 0 Å². The molecular formula is C9H14O3. The van der Waals surface area contributed by atoms with Crippen LogP contribution in [-0.4, -0.2) is 36.1 Å². The van der Waals surface area contributed by atoms with Crippen molar-refractivity contribution >= 4 is 0 Å². The number of ether oxygens (including phenoxy) is 1. The summed E-state index contributed by atoms with van der Waals surface area (Å²) in [6.07, 6.45) is 3.14. The van der Waals surface area contributed by atoms with E-state index in [9.17, 15) is 0 Å². The van der Waals surface area contributed by atoms with Gasteiger partial charge in [-0.05, 0) is 17.9 Å². The van der Waals surface area contributed by atoms with Gasteiger partial charge in [0.25, 0.3) is 0 Å². The monoisotopic (exact) mass is 170 g/mol. The molecule has 2 N–H and O–H groups in total. The Bertz CT molecular complexity index is 200. The molecule has 0 bridgehead atoms. The molecule has 1 saturated heterocycles. The van der Waals surface area contributed by atoms with Crippen LogP contribution in [0.3, 0.4) is 0 Å². The third-order valence-corrected chi connectivity index (χ3v) is 2.93. The van der Waals surface area contributed by atoms with E-state index in [0.717, 1.165) is 18.6 Å².